The Hall–Kier alpha value is -3.99. The Labute approximate surface area is 336 Å². The van der Waals surface area contributed by atoms with Gasteiger partial charge in [0.05, 0.1) is 34.5 Å². The minimum Gasteiger partial charge on any atom is -1.00 e. The SMILES string of the molecule is C.COC(=O)C(C/C=C(\CO[Si](C)(C)C(C)(C)C)c1ccc(F)cc1)C(=O)O.COC(=O)C(C/C=C(\CO[Si](C)(C)C(C)(C)C)c1ccc(F)cc1)C(=O)OC.[H-]. The molecule has 2 rings (SSSR count). The molecular formula is C42H65F2O10Si2-. The number of carboxylic acids is 1. The second-order valence-electron chi connectivity index (χ2n) is 16.1. The number of allylic oxidation sites excluding steroid dienone is 2. The fraction of sp³-hybridized carbons (Fsp3) is 0.524. The number of methoxy groups -OCH3 is 3. The first kappa shape index (κ1) is 52.0. The van der Waals surface area contributed by atoms with Gasteiger partial charge in [-0.1, -0.05) is 85.4 Å². The molecule has 0 aliphatic rings. The van der Waals surface area contributed by atoms with E-state index in [0.717, 1.165) is 29.4 Å². The first-order valence-electron chi connectivity index (χ1n) is 18.0. The van der Waals surface area contributed by atoms with Gasteiger partial charge in [0, 0.05) is 0 Å². The molecule has 0 aromatic heterocycles. The van der Waals surface area contributed by atoms with Gasteiger partial charge in [-0.3, -0.25) is 19.2 Å². The molecule has 56 heavy (non-hydrogen) atoms. The fourth-order valence-corrected chi connectivity index (χ4v) is 6.23. The second kappa shape index (κ2) is 22.7. The lowest BCUT2D eigenvalue weighted by molar-refractivity contribution is -0.159. The predicted octanol–water partition coefficient (Wildman–Crippen LogP) is 9.83. The Morgan fingerprint density at radius 3 is 1.18 bits per heavy atom. The zero-order valence-corrected chi connectivity index (χ0v) is 36.6. The van der Waals surface area contributed by atoms with Crippen molar-refractivity contribution in [2.45, 2.75) is 98.1 Å². The third kappa shape index (κ3) is 16.2. The molecule has 2 aromatic rings. The van der Waals surface area contributed by atoms with Crippen LogP contribution in [0.2, 0.25) is 36.3 Å². The highest BCUT2D eigenvalue weighted by Crippen LogP contribution is 2.38. The Morgan fingerprint density at radius 1 is 0.625 bits per heavy atom. The number of benzene rings is 2. The molecule has 0 aliphatic carbocycles. The Bertz CT molecular complexity index is 1630. The molecule has 10 nitrogen and oxygen atoms in total. The largest absolute Gasteiger partial charge is 1.00 e. The van der Waals surface area contributed by atoms with E-state index in [-0.39, 0.29) is 50.0 Å². The monoisotopic (exact) mass is 823 g/mol. The maximum Gasteiger partial charge on any atom is 0.320 e. The normalized spacial score (nSPS) is 13.1. The average Bonchev–Trinajstić information content (AvgIpc) is 3.10. The standard InChI is InChI=1S/C21H31FO5Si.C20H29FO5Si.CH4.H/c1-21(2,3)28(6,7)27-14-16(15-8-11-17(22)12-9-15)10-13-18(19(23)25-4)20(24)26-5;1-20(2,3)27(5,6)26-13-15(14-7-10-16(21)11-8-14)9-12-17(18(22)23)19(24)25-4;;/h8-12,18H,13-14H2,1-7H3;7-11,17H,12-13H2,1-6H3,(H,22,23);1H4;/q;;;-1/b16-10+;15-9+;;. The van der Waals surface area contributed by atoms with E-state index in [9.17, 15) is 33.1 Å². The van der Waals surface area contributed by atoms with Gasteiger partial charge in [-0.2, -0.15) is 0 Å². The molecule has 0 aliphatic heterocycles. The molecule has 0 saturated heterocycles. The number of rotatable bonds is 16. The predicted molar refractivity (Wildman–Crippen MR) is 223 cm³/mol. The molecule has 1 N–H and O–H groups in total. The first-order valence-corrected chi connectivity index (χ1v) is 23.8. The Morgan fingerprint density at radius 2 is 0.911 bits per heavy atom. The molecule has 0 fully saturated rings. The van der Waals surface area contributed by atoms with Crippen molar-refractivity contribution in [3.05, 3.63) is 83.4 Å². The summed E-state index contributed by atoms with van der Waals surface area (Å²) in [6, 6.07) is 12.0. The molecular weight excluding hydrogens is 759 g/mol. The molecule has 14 heteroatoms. The van der Waals surface area contributed by atoms with Gasteiger partial charge in [-0.15, -0.1) is 0 Å². The number of halogens is 2. The van der Waals surface area contributed by atoms with Gasteiger partial charge in [0.15, 0.2) is 28.5 Å². The highest BCUT2D eigenvalue weighted by atomic mass is 28.4. The average molecular weight is 824 g/mol. The van der Waals surface area contributed by atoms with Crippen LogP contribution < -0.4 is 0 Å². The van der Waals surface area contributed by atoms with Crippen molar-refractivity contribution in [1.82, 2.24) is 0 Å². The zero-order chi connectivity index (χ0) is 42.4. The zero-order valence-electron chi connectivity index (χ0n) is 35.6. The van der Waals surface area contributed by atoms with Gasteiger partial charge in [-0.05, 0) is 95.6 Å². The molecule has 2 aromatic carbocycles. The van der Waals surface area contributed by atoms with Crippen molar-refractivity contribution in [3.63, 3.8) is 0 Å². The van der Waals surface area contributed by atoms with E-state index in [4.69, 9.17) is 18.3 Å². The van der Waals surface area contributed by atoms with Crippen LogP contribution in [0.5, 0.6) is 0 Å². The van der Waals surface area contributed by atoms with Crippen LogP contribution in [0.15, 0.2) is 60.7 Å². The second-order valence-corrected chi connectivity index (χ2v) is 25.7. The summed E-state index contributed by atoms with van der Waals surface area (Å²) in [7, 11) is -0.457. The first-order chi connectivity index (χ1) is 25.3. The number of carbonyl (C=O) groups excluding carboxylic acids is 3. The van der Waals surface area contributed by atoms with Crippen molar-refractivity contribution in [3.8, 4) is 0 Å². The van der Waals surface area contributed by atoms with E-state index >= 15 is 0 Å². The molecule has 0 radical (unpaired) electrons. The van der Waals surface area contributed by atoms with Gasteiger partial charge in [-0.25, -0.2) is 8.78 Å². The fourth-order valence-electron chi connectivity index (χ4n) is 4.33. The number of hydrogen-bond acceptors (Lipinski definition) is 9. The van der Waals surface area contributed by atoms with Crippen molar-refractivity contribution < 1.29 is 57.6 Å². The highest BCUT2D eigenvalue weighted by Gasteiger charge is 2.38. The topological polar surface area (TPSA) is 135 Å². The molecule has 0 spiro atoms. The third-order valence-corrected chi connectivity index (χ3v) is 19.1. The van der Waals surface area contributed by atoms with Crippen molar-refractivity contribution in [2.24, 2.45) is 11.8 Å². The maximum atomic E-state index is 13.3. The number of hydrogen-bond donors (Lipinski definition) is 1. The van der Waals surface area contributed by atoms with Crippen LogP contribution in [0.25, 0.3) is 11.1 Å². The lowest BCUT2D eigenvalue weighted by atomic mass is 10.00. The van der Waals surface area contributed by atoms with Gasteiger partial charge in [0.25, 0.3) is 0 Å². The van der Waals surface area contributed by atoms with Crippen LogP contribution in [-0.2, 0) is 42.2 Å². The van der Waals surface area contributed by atoms with E-state index in [0.29, 0.717) is 6.61 Å². The van der Waals surface area contributed by atoms with Crippen molar-refractivity contribution >= 4 is 51.7 Å². The number of carboxylic acid groups (broad SMARTS) is 1. The van der Waals surface area contributed by atoms with Crippen molar-refractivity contribution in [2.75, 3.05) is 34.5 Å². The quantitative estimate of drug-likeness (QED) is 0.0755. The van der Waals surface area contributed by atoms with E-state index in [1.54, 1.807) is 36.4 Å². The lowest BCUT2D eigenvalue weighted by Crippen LogP contribution is -2.41. The van der Waals surface area contributed by atoms with E-state index in [1.807, 2.05) is 0 Å². The molecule has 316 valence electrons. The van der Waals surface area contributed by atoms with Crippen LogP contribution in [0.4, 0.5) is 8.78 Å². The molecule has 1 atom stereocenters. The molecule has 1 unspecified atom stereocenters. The van der Waals surface area contributed by atoms with Crippen LogP contribution in [-0.4, -0.2) is 80.2 Å². The highest BCUT2D eigenvalue weighted by molar-refractivity contribution is 6.74. The molecule has 0 bridgehead atoms. The summed E-state index contributed by atoms with van der Waals surface area (Å²) < 4.78 is 53.1. The Balaban J connectivity index is 0. The molecule has 0 saturated carbocycles. The maximum absolute atomic E-state index is 13.3. The summed E-state index contributed by atoms with van der Waals surface area (Å²) in [5, 5.41) is 9.30. The van der Waals surface area contributed by atoms with Gasteiger partial charge >= 0.3 is 23.9 Å². The van der Waals surface area contributed by atoms with Gasteiger partial charge < -0.3 is 29.6 Å². The van der Waals surface area contributed by atoms with Crippen LogP contribution in [0.1, 0.15) is 74.4 Å². The van der Waals surface area contributed by atoms with E-state index in [2.05, 4.69) is 72.5 Å². The van der Waals surface area contributed by atoms with Crippen molar-refractivity contribution in [1.29, 1.82) is 0 Å². The van der Waals surface area contributed by atoms with Crippen LogP contribution >= 0.6 is 0 Å². The summed E-state index contributed by atoms with van der Waals surface area (Å²) in [5.41, 5.74) is 3.00. The van der Waals surface area contributed by atoms with E-state index in [1.165, 1.54) is 38.5 Å². The van der Waals surface area contributed by atoms with Crippen LogP contribution in [0, 0.1) is 23.5 Å². The number of esters is 3. The lowest BCUT2D eigenvalue weighted by Gasteiger charge is -2.36. The number of ether oxygens (including phenoxy) is 3. The smallest absolute Gasteiger partial charge is 0.320 e. The van der Waals surface area contributed by atoms with E-state index < -0.39 is 52.3 Å². The summed E-state index contributed by atoms with van der Waals surface area (Å²) >= 11 is 0. The summed E-state index contributed by atoms with van der Waals surface area (Å²) in [6.07, 6.45) is 3.50. The molecule has 0 heterocycles. The third-order valence-electron chi connectivity index (χ3n) is 10.2. The van der Waals surface area contributed by atoms with Crippen LogP contribution in [0.3, 0.4) is 0 Å². The van der Waals surface area contributed by atoms with Gasteiger partial charge in [0.2, 0.25) is 0 Å². The van der Waals surface area contributed by atoms with Gasteiger partial charge in [0.1, 0.15) is 11.6 Å². The minimum atomic E-state index is -2.04. The summed E-state index contributed by atoms with van der Waals surface area (Å²) in [6.45, 7) is 21.9. The summed E-state index contributed by atoms with van der Waals surface area (Å²) in [5.74, 6) is -6.42. The molecule has 0 amide bonds. The minimum absolute atomic E-state index is 0. The number of carbonyl (C=O) groups is 4. The Kier molecular flexibility index (Phi) is 21.1. The summed E-state index contributed by atoms with van der Waals surface area (Å²) in [4.78, 5) is 46.9. The number of aliphatic carboxylic acids is 1.